The molecule has 0 amide bonds. The van der Waals surface area contributed by atoms with E-state index in [1.807, 2.05) is 0 Å². The van der Waals surface area contributed by atoms with E-state index < -0.39 is 24.4 Å². The number of alkyl halides is 3. The molecule has 0 saturated carbocycles. The molecule has 94 valence electrons. The van der Waals surface area contributed by atoms with Gasteiger partial charge >= 0.3 is 12.1 Å². The van der Waals surface area contributed by atoms with Gasteiger partial charge in [-0.3, -0.25) is 0 Å². The van der Waals surface area contributed by atoms with Gasteiger partial charge in [-0.2, -0.15) is 13.2 Å². The number of carbonyl (C=O) groups is 1. The number of rotatable bonds is 4. The smallest absolute Gasteiger partial charge is 0.428 e. The molecule has 0 radical (unpaired) electrons. The summed E-state index contributed by atoms with van der Waals surface area (Å²) in [4.78, 5) is 10.6. The molecule has 0 fully saturated rings. The van der Waals surface area contributed by atoms with Crippen LogP contribution in [0.2, 0.25) is 0 Å². The lowest BCUT2D eigenvalue weighted by Gasteiger charge is -2.27. The van der Waals surface area contributed by atoms with Gasteiger partial charge < -0.3 is 9.84 Å². The number of aliphatic carboxylic acids is 1. The maximum Gasteiger partial charge on any atom is 0.428 e. The van der Waals surface area contributed by atoms with Crippen LogP contribution in [-0.4, -0.2) is 22.9 Å². The number of halogens is 3. The molecule has 1 aromatic rings. The van der Waals surface area contributed by atoms with Crippen LogP contribution >= 0.6 is 0 Å². The minimum atomic E-state index is -4.96. The molecule has 0 unspecified atom stereocenters. The lowest BCUT2D eigenvalue weighted by atomic mass is 10.1. The van der Waals surface area contributed by atoms with Crippen LogP contribution in [0.3, 0.4) is 0 Å². The SMILES string of the molecule is C[C@@](OCc1ccccc1)(C(=O)O)C(F)(F)F. The third-order valence-electron chi connectivity index (χ3n) is 2.32. The molecule has 3 nitrogen and oxygen atoms in total. The average Bonchev–Trinajstić information content (AvgIpc) is 2.25. The molecule has 17 heavy (non-hydrogen) atoms. The van der Waals surface area contributed by atoms with E-state index in [1.165, 1.54) is 0 Å². The molecule has 0 aromatic heterocycles. The Bertz CT molecular complexity index is 389. The number of hydrogen-bond donors (Lipinski definition) is 1. The van der Waals surface area contributed by atoms with Gasteiger partial charge in [0.05, 0.1) is 6.61 Å². The second-order valence-electron chi connectivity index (χ2n) is 3.61. The number of benzene rings is 1. The standard InChI is InChI=1S/C11H11F3O3/c1-10(9(15)16,11(12,13)14)17-7-8-5-3-2-4-6-8/h2-6H,7H2,1H3,(H,15,16)/t10-/m1/s1. The van der Waals surface area contributed by atoms with Crippen molar-refractivity contribution in [3.8, 4) is 0 Å². The second kappa shape index (κ2) is 4.75. The molecule has 0 aliphatic rings. The van der Waals surface area contributed by atoms with Gasteiger partial charge in [0, 0.05) is 0 Å². The minimum absolute atomic E-state index is 0.414. The van der Waals surface area contributed by atoms with Gasteiger partial charge in [0.15, 0.2) is 0 Å². The quantitative estimate of drug-likeness (QED) is 0.890. The highest BCUT2D eigenvalue weighted by Crippen LogP contribution is 2.34. The Morgan fingerprint density at radius 3 is 2.24 bits per heavy atom. The van der Waals surface area contributed by atoms with Crippen molar-refractivity contribution in [2.45, 2.75) is 25.3 Å². The van der Waals surface area contributed by atoms with Crippen LogP contribution in [0.15, 0.2) is 30.3 Å². The van der Waals surface area contributed by atoms with Gasteiger partial charge in [-0.1, -0.05) is 30.3 Å². The van der Waals surface area contributed by atoms with E-state index in [9.17, 15) is 18.0 Å². The number of ether oxygens (including phenoxy) is 1. The fourth-order valence-corrected chi connectivity index (χ4v) is 1.07. The molecular formula is C11H11F3O3. The van der Waals surface area contributed by atoms with Crippen molar-refractivity contribution in [2.75, 3.05) is 0 Å². The lowest BCUT2D eigenvalue weighted by molar-refractivity contribution is -0.272. The summed E-state index contributed by atoms with van der Waals surface area (Å²) >= 11 is 0. The molecule has 0 bridgehead atoms. The van der Waals surface area contributed by atoms with Crippen LogP contribution in [0.5, 0.6) is 0 Å². The highest BCUT2D eigenvalue weighted by atomic mass is 19.4. The monoisotopic (exact) mass is 248 g/mol. The molecule has 0 spiro atoms. The van der Waals surface area contributed by atoms with Gasteiger partial charge in [-0.25, -0.2) is 4.79 Å². The Balaban J connectivity index is 2.80. The largest absolute Gasteiger partial charge is 0.479 e. The predicted octanol–water partition coefficient (Wildman–Crippen LogP) is 2.61. The Labute approximate surface area is 95.8 Å². The number of hydrogen-bond acceptors (Lipinski definition) is 2. The molecular weight excluding hydrogens is 237 g/mol. The first kappa shape index (κ1) is 13.5. The van der Waals surface area contributed by atoms with Crippen LogP contribution in [0.25, 0.3) is 0 Å². The fourth-order valence-electron chi connectivity index (χ4n) is 1.07. The van der Waals surface area contributed by atoms with Crippen LogP contribution in [0.4, 0.5) is 13.2 Å². The topological polar surface area (TPSA) is 46.5 Å². The average molecular weight is 248 g/mol. The number of carboxylic acid groups (broad SMARTS) is 1. The van der Waals surface area contributed by atoms with Crippen molar-refractivity contribution in [1.82, 2.24) is 0 Å². The summed E-state index contributed by atoms with van der Waals surface area (Å²) < 4.78 is 42.2. The molecule has 1 aromatic carbocycles. The summed E-state index contributed by atoms with van der Waals surface area (Å²) in [7, 11) is 0. The molecule has 6 heteroatoms. The van der Waals surface area contributed by atoms with E-state index in [4.69, 9.17) is 5.11 Å². The molecule has 0 aliphatic carbocycles. The van der Waals surface area contributed by atoms with Crippen molar-refractivity contribution in [1.29, 1.82) is 0 Å². The maximum absolute atomic E-state index is 12.6. The zero-order chi connectivity index (χ0) is 13.1. The van der Waals surface area contributed by atoms with Gasteiger partial charge in [0.1, 0.15) is 0 Å². The Morgan fingerprint density at radius 2 is 1.82 bits per heavy atom. The lowest BCUT2D eigenvalue weighted by Crippen LogP contribution is -2.51. The normalized spacial score (nSPS) is 15.3. The molecule has 1 atom stereocenters. The summed E-state index contributed by atoms with van der Waals surface area (Å²) in [5.74, 6) is -2.05. The summed E-state index contributed by atoms with van der Waals surface area (Å²) in [5, 5.41) is 8.60. The predicted molar refractivity (Wildman–Crippen MR) is 53.3 cm³/mol. The van der Waals surface area contributed by atoms with E-state index in [0.29, 0.717) is 12.5 Å². The third-order valence-corrected chi connectivity index (χ3v) is 2.32. The van der Waals surface area contributed by atoms with E-state index >= 15 is 0 Å². The maximum atomic E-state index is 12.6. The summed E-state index contributed by atoms with van der Waals surface area (Å²) in [6, 6.07) is 8.07. The first-order valence-electron chi connectivity index (χ1n) is 4.75. The first-order valence-corrected chi connectivity index (χ1v) is 4.75. The minimum Gasteiger partial charge on any atom is -0.479 e. The third kappa shape index (κ3) is 2.97. The second-order valence-corrected chi connectivity index (χ2v) is 3.61. The number of carboxylic acids is 1. The van der Waals surface area contributed by atoms with Gasteiger partial charge in [-0.15, -0.1) is 0 Å². The van der Waals surface area contributed by atoms with Crippen molar-refractivity contribution in [3.05, 3.63) is 35.9 Å². The van der Waals surface area contributed by atoms with Crippen LogP contribution < -0.4 is 0 Å². The van der Waals surface area contributed by atoms with Crippen molar-refractivity contribution < 1.29 is 27.8 Å². The van der Waals surface area contributed by atoms with E-state index in [2.05, 4.69) is 4.74 Å². The first-order chi connectivity index (χ1) is 7.77. The van der Waals surface area contributed by atoms with Gasteiger partial charge in [-0.05, 0) is 12.5 Å². The molecule has 0 heterocycles. The van der Waals surface area contributed by atoms with E-state index in [-0.39, 0.29) is 0 Å². The zero-order valence-electron chi connectivity index (χ0n) is 8.99. The molecule has 0 aliphatic heterocycles. The van der Waals surface area contributed by atoms with Crippen molar-refractivity contribution in [3.63, 3.8) is 0 Å². The molecule has 0 saturated heterocycles. The summed E-state index contributed by atoms with van der Waals surface area (Å²) in [6.07, 6.45) is -4.96. The van der Waals surface area contributed by atoms with Crippen LogP contribution in [0, 0.1) is 0 Å². The highest BCUT2D eigenvalue weighted by molar-refractivity contribution is 5.78. The van der Waals surface area contributed by atoms with Crippen molar-refractivity contribution in [2.24, 2.45) is 0 Å². The fraction of sp³-hybridized carbons (Fsp3) is 0.364. The zero-order valence-corrected chi connectivity index (χ0v) is 8.99. The Morgan fingerprint density at radius 1 is 1.29 bits per heavy atom. The van der Waals surface area contributed by atoms with Crippen LogP contribution in [-0.2, 0) is 16.1 Å². The summed E-state index contributed by atoms with van der Waals surface area (Å²) in [5.41, 5.74) is -2.72. The highest BCUT2D eigenvalue weighted by Gasteiger charge is 2.58. The van der Waals surface area contributed by atoms with E-state index in [0.717, 1.165) is 0 Å². The van der Waals surface area contributed by atoms with Crippen molar-refractivity contribution >= 4 is 5.97 Å². The van der Waals surface area contributed by atoms with Gasteiger partial charge in [0.25, 0.3) is 5.60 Å². The Hall–Kier alpha value is -1.56. The molecule has 1 N–H and O–H groups in total. The van der Waals surface area contributed by atoms with Crippen LogP contribution in [0.1, 0.15) is 12.5 Å². The van der Waals surface area contributed by atoms with Gasteiger partial charge in [0.2, 0.25) is 0 Å². The Kier molecular flexibility index (Phi) is 3.77. The molecule has 1 rings (SSSR count). The van der Waals surface area contributed by atoms with E-state index in [1.54, 1.807) is 30.3 Å². The summed E-state index contributed by atoms with van der Waals surface area (Å²) in [6.45, 7) is 0.0847.